The molecule has 3 saturated carbocycles. The van der Waals surface area contributed by atoms with Crippen LogP contribution in [0.25, 0.3) is 0 Å². The van der Waals surface area contributed by atoms with Crippen LogP contribution in [-0.4, -0.2) is 316 Å². The quantitative estimate of drug-likeness (QED) is 0.0379. The maximum absolute atomic E-state index is 13.3. The Morgan fingerprint density at radius 3 is 1.64 bits per heavy atom. The van der Waals surface area contributed by atoms with Crippen molar-refractivity contribution in [3.8, 4) is 0 Å². The number of carbonyl (C=O) groups is 1. The first-order chi connectivity index (χ1) is 44.9. The summed E-state index contributed by atoms with van der Waals surface area (Å²) in [7, 11) is -4.92. The van der Waals surface area contributed by atoms with Gasteiger partial charge in [-0.15, -0.1) is 0 Å². The van der Waals surface area contributed by atoms with Crippen LogP contribution in [0.1, 0.15) is 113 Å². The molecule has 6 saturated heterocycles. The molecule has 0 aromatic carbocycles. The van der Waals surface area contributed by atoms with E-state index >= 15 is 0 Å². The summed E-state index contributed by atoms with van der Waals surface area (Å²) in [5, 5.41) is 179. The molecule has 4 aliphatic carbocycles. The van der Waals surface area contributed by atoms with E-state index in [-0.39, 0.29) is 48.7 Å². The van der Waals surface area contributed by atoms with Gasteiger partial charge in [0.25, 0.3) is 0 Å². The fourth-order valence-electron chi connectivity index (χ4n) is 17.2. The Hall–Kier alpha value is -1.84. The van der Waals surface area contributed by atoms with Crippen molar-refractivity contribution in [3.05, 3.63) is 11.6 Å². The highest BCUT2D eigenvalue weighted by molar-refractivity contribution is 7.80. The highest BCUT2D eigenvalue weighted by Crippen LogP contribution is 2.67. The molecule has 10 aliphatic rings. The number of aliphatic hydroxyl groups excluding tert-OH is 15. The first-order valence-corrected chi connectivity index (χ1v) is 34.8. The smallest absolute Gasteiger partial charge is 0.394 e. The molecule has 17 N–H and O–H groups in total. The molecule has 33 nitrogen and oxygen atoms in total. The molecule has 554 valence electrons. The zero-order valence-electron chi connectivity index (χ0n) is 54.9. The highest BCUT2D eigenvalue weighted by atomic mass is 32.3. The average Bonchev–Trinajstić information content (AvgIpc) is 1.29. The Kier molecular flexibility index (Phi) is 24.1. The van der Waals surface area contributed by atoms with Crippen LogP contribution in [0, 0.1) is 40.4 Å². The van der Waals surface area contributed by atoms with Crippen LogP contribution in [0.5, 0.6) is 0 Å². The van der Waals surface area contributed by atoms with E-state index in [4.69, 9.17) is 61.0 Å². The van der Waals surface area contributed by atoms with Gasteiger partial charge in [-0.3, -0.25) is 9.35 Å². The van der Waals surface area contributed by atoms with Gasteiger partial charge in [-0.05, 0) is 113 Å². The van der Waals surface area contributed by atoms with E-state index in [0.29, 0.717) is 38.5 Å². The second-order valence-corrected chi connectivity index (χ2v) is 30.5. The number of allylic oxidation sites excluding steroid dienone is 2. The predicted octanol–water partition coefficient (Wildman–Crippen LogP) is -4.85. The summed E-state index contributed by atoms with van der Waals surface area (Å²) in [6.07, 6.45) is -48.6. The maximum Gasteiger partial charge on any atom is 0.397 e. The molecule has 9 fully saturated rings. The predicted molar refractivity (Wildman–Crippen MR) is 318 cm³/mol. The van der Waals surface area contributed by atoms with Crippen molar-refractivity contribution in [2.75, 3.05) is 19.8 Å². The minimum atomic E-state index is -4.92. The number of Topliss-reactive ketones (excluding diaryl/α,β-unsaturated/α-hetero) is 1. The number of ketones is 1. The second kappa shape index (κ2) is 30.1. The Bertz CT molecular complexity index is 2750. The highest BCUT2D eigenvalue weighted by Gasteiger charge is 2.64. The third-order valence-electron chi connectivity index (χ3n) is 22.4. The third-order valence-corrected chi connectivity index (χ3v) is 22.9. The molecule has 0 aromatic heterocycles. The Balaban J connectivity index is 0.903. The molecule has 0 spiro atoms. The largest absolute Gasteiger partial charge is 0.397 e. The lowest BCUT2D eigenvalue weighted by Crippen LogP contribution is -2.67. The molecule has 38 atom stereocenters. The molecular formula is C62H102O33S. The number of hydrogen-bond donors (Lipinski definition) is 17. The molecule has 0 bridgehead atoms. The standard InChI is InChI=1S/C62H102O33S/c1-22(2)15-26(65)18-62(8,79)36-10-9-29-28-17-32(31-16-27(95-96(80,81)82)11-13-60(31,6)30(28)12-14-61(29,36)7)87-56-48(77)51(39(68)24(4)85-56)92-58-52(93-54-46(75)43(72)37(66)23(3)84-54)42(71)35(21-83-58)90-59-53(45(74)41(70)34(20-64)89-59)94-57-49(78)50(38(67)25(5)86-57)91-55-47(76)44(73)40(69)33(19-63)88-55/h12,22-25,27-29,31-59,63-64,66-79H,9-11,13-21H2,1-8H3,(H,80,81,82)/t23-,24-,25-,27+,28+,29+,31-,32+,33-,34-,35-,36+,37-,38+,39-,40+,41+,42+,43+,44+,45+,46-,47-,48-,49-,50+,51+,52-,53-,54?,55?,56?,57?,58?,59?,60-,61+,62-/m1/s1. The van der Waals surface area contributed by atoms with Crippen molar-refractivity contribution < 1.29 is 160 Å². The van der Waals surface area contributed by atoms with E-state index in [1.807, 2.05) is 13.8 Å². The molecule has 0 radical (unpaired) electrons. The van der Waals surface area contributed by atoms with Gasteiger partial charge in [-0.1, -0.05) is 39.3 Å². The van der Waals surface area contributed by atoms with E-state index in [1.54, 1.807) is 6.92 Å². The monoisotopic (exact) mass is 1410 g/mol. The van der Waals surface area contributed by atoms with E-state index in [1.165, 1.54) is 20.8 Å². The van der Waals surface area contributed by atoms with Crippen molar-refractivity contribution in [1.29, 1.82) is 0 Å². The first-order valence-electron chi connectivity index (χ1n) is 33.4. The number of carbonyl (C=O) groups excluding carboxylic acids is 1. The van der Waals surface area contributed by atoms with Gasteiger partial charge in [-0.2, -0.15) is 8.42 Å². The molecular weight excluding hydrogens is 1300 g/mol. The fraction of sp³-hybridized carbons (Fsp3) is 0.952. The van der Waals surface area contributed by atoms with E-state index < -0.39 is 243 Å². The fourth-order valence-corrected chi connectivity index (χ4v) is 17.8. The van der Waals surface area contributed by atoms with Gasteiger partial charge in [0.15, 0.2) is 37.7 Å². The van der Waals surface area contributed by atoms with Gasteiger partial charge in [0.1, 0.15) is 128 Å². The number of rotatable bonds is 21. The minimum Gasteiger partial charge on any atom is -0.394 e. The first kappa shape index (κ1) is 76.8. The van der Waals surface area contributed by atoms with E-state index in [2.05, 4.69) is 19.9 Å². The molecule has 6 unspecified atom stereocenters. The van der Waals surface area contributed by atoms with Gasteiger partial charge in [-0.25, -0.2) is 4.18 Å². The summed E-state index contributed by atoms with van der Waals surface area (Å²) in [5.41, 5.74) is -1.36. The minimum absolute atomic E-state index is 0.00878. The molecule has 0 aromatic rings. The molecule has 34 heteroatoms. The number of fused-ring (bicyclic) bond motifs is 5. The van der Waals surface area contributed by atoms with Crippen LogP contribution < -0.4 is 0 Å². The van der Waals surface area contributed by atoms with Crippen molar-refractivity contribution >= 4 is 16.2 Å². The normalized spacial score (nSPS) is 51.6. The SMILES string of the molecule is CC(C)CC(=O)C[C@@](C)(O)[C@H]1CC[C@H]2[C@@H]3C[C@H](OC4O[C@H](C)[C@@H](O)[C@H](OC5OC[C@@H](OC6O[C@H](CO)[C@H](O)[C@H](O)[C@H]6OC6O[C@H](C)[C@H](O)[C@H](OC7O[C@H](CO)[C@H](O)[C@H](O)[C@H]7O)[C@H]6O)[C@H](O)[C@H]5OC5O[C@H](C)[C@@H](O)[C@H](O)[C@H]5O)[C@H]4O)[C@H]4C[C@@H](OS(=O)(=O)O)CC[C@]4(C)C3=CC[C@@]21C. The summed E-state index contributed by atoms with van der Waals surface area (Å²) in [5.74, 6) is -0.947. The summed E-state index contributed by atoms with van der Waals surface area (Å²) in [6.45, 7) is 11.4. The zero-order valence-corrected chi connectivity index (χ0v) is 55.7. The van der Waals surface area contributed by atoms with Gasteiger partial charge in [0, 0.05) is 12.8 Å². The Morgan fingerprint density at radius 2 is 1.06 bits per heavy atom. The molecule has 6 heterocycles. The number of ether oxygens (including phenoxy) is 12. The van der Waals surface area contributed by atoms with Gasteiger partial charge in [0.2, 0.25) is 0 Å². The van der Waals surface area contributed by atoms with E-state index in [0.717, 1.165) is 5.57 Å². The zero-order chi connectivity index (χ0) is 70.3. The Labute approximate surface area is 555 Å². The number of hydrogen-bond acceptors (Lipinski definition) is 32. The summed E-state index contributed by atoms with van der Waals surface area (Å²) < 4.78 is 112. The van der Waals surface area contributed by atoms with Gasteiger partial charge in [0.05, 0.1) is 55.9 Å². The topological polar surface area (TPSA) is 515 Å². The van der Waals surface area contributed by atoms with E-state index in [9.17, 15) is 99.5 Å². The summed E-state index contributed by atoms with van der Waals surface area (Å²) in [4.78, 5) is 13.3. The molecule has 10 rings (SSSR count). The van der Waals surface area contributed by atoms with Crippen molar-refractivity contribution in [3.63, 3.8) is 0 Å². The van der Waals surface area contributed by atoms with Crippen LogP contribution in [0.4, 0.5) is 0 Å². The molecule has 96 heavy (non-hydrogen) atoms. The lowest BCUT2D eigenvalue weighted by Gasteiger charge is -2.60. The van der Waals surface area contributed by atoms with Gasteiger partial charge < -0.3 is 139 Å². The van der Waals surface area contributed by atoms with Crippen LogP contribution in [0.2, 0.25) is 0 Å². The lowest BCUT2D eigenvalue weighted by molar-refractivity contribution is -0.402. The van der Waals surface area contributed by atoms with Crippen LogP contribution in [-0.2, 0) is 76.2 Å². The average molecular weight is 1410 g/mol. The van der Waals surface area contributed by atoms with Crippen LogP contribution >= 0.6 is 0 Å². The summed E-state index contributed by atoms with van der Waals surface area (Å²) in [6, 6.07) is 0. The molecule has 0 amide bonds. The third kappa shape index (κ3) is 15.2. The van der Waals surface area contributed by atoms with Gasteiger partial charge >= 0.3 is 10.4 Å². The summed E-state index contributed by atoms with van der Waals surface area (Å²) >= 11 is 0. The van der Waals surface area contributed by atoms with Crippen molar-refractivity contribution in [1.82, 2.24) is 0 Å². The second-order valence-electron chi connectivity index (χ2n) is 29.5. The molecule has 6 aliphatic heterocycles. The Morgan fingerprint density at radius 1 is 0.573 bits per heavy atom. The lowest BCUT2D eigenvalue weighted by atomic mass is 9.47. The number of aliphatic hydroxyl groups is 16. The van der Waals surface area contributed by atoms with Crippen LogP contribution in [0.3, 0.4) is 0 Å². The van der Waals surface area contributed by atoms with Crippen molar-refractivity contribution in [2.45, 2.75) is 309 Å². The van der Waals surface area contributed by atoms with Crippen molar-refractivity contribution in [2.24, 2.45) is 40.4 Å². The maximum atomic E-state index is 13.3. The van der Waals surface area contributed by atoms with Crippen LogP contribution in [0.15, 0.2) is 11.6 Å².